The van der Waals surface area contributed by atoms with Crippen LogP contribution in [0.15, 0.2) is 29.6 Å². The number of amides is 1. The van der Waals surface area contributed by atoms with E-state index in [4.69, 9.17) is 5.73 Å². The average molecular weight is 326 g/mol. The van der Waals surface area contributed by atoms with Gasteiger partial charge in [0.05, 0.1) is 0 Å². The highest BCUT2D eigenvalue weighted by molar-refractivity contribution is 7.13. The van der Waals surface area contributed by atoms with E-state index in [0.29, 0.717) is 12.8 Å². The number of rotatable bonds is 5. The summed E-state index contributed by atoms with van der Waals surface area (Å²) in [5.41, 5.74) is 8.53. The van der Waals surface area contributed by atoms with Crippen LogP contribution in [0.1, 0.15) is 25.5 Å². The summed E-state index contributed by atoms with van der Waals surface area (Å²) in [6, 6.07) is 7.79. The summed E-state index contributed by atoms with van der Waals surface area (Å²) in [5.74, 6) is 0.000132. The zero-order chi connectivity index (χ0) is 14.5. The zero-order valence-electron chi connectivity index (χ0n) is 12.1. The van der Waals surface area contributed by atoms with E-state index in [1.807, 2.05) is 43.5 Å². The van der Waals surface area contributed by atoms with Crippen LogP contribution < -0.4 is 11.1 Å². The Kier molecular flexibility index (Phi) is 6.81. The minimum absolute atomic E-state index is 0. The number of aryl methyl sites for hydroxylation is 1. The Morgan fingerprint density at radius 1 is 1.38 bits per heavy atom. The molecule has 0 spiro atoms. The average Bonchev–Trinajstić information content (AvgIpc) is 2.84. The van der Waals surface area contributed by atoms with E-state index in [0.717, 1.165) is 22.0 Å². The van der Waals surface area contributed by atoms with E-state index in [2.05, 4.69) is 10.3 Å². The van der Waals surface area contributed by atoms with E-state index < -0.39 is 0 Å². The van der Waals surface area contributed by atoms with Gasteiger partial charge in [-0.1, -0.05) is 0 Å². The fourth-order valence-corrected chi connectivity index (χ4v) is 2.57. The van der Waals surface area contributed by atoms with Gasteiger partial charge >= 0.3 is 0 Å². The Morgan fingerprint density at radius 3 is 2.57 bits per heavy atom. The summed E-state index contributed by atoms with van der Waals surface area (Å²) in [7, 11) is 0. The molecule has 0 bridgehead atoms. The normalized spacial score (nSPS) is 11.6. The maximum atomic E-state index is 11.7. The highest BCUT2D eigenvalue weighted by Crippen LogP contribution is 2.24. The molecule has 0 aliphatic rings. The number of nitrogens with zero attached hydrogens (tertiary/aromatic N) is 1. The maximum absolute atomic E-state index is 11.7. The standard InChI is InChI=1S/C15H19N3OS.ClH/c1-10(16)3-8-14(19)18-13-6-4-12(5-7-13)15-17-11(2)9-20-15;/h4-7,9-10H,3,8,16H2,1-2H3,(H,18,19);1H. The number of nitrogens with one attached hydrogen (secondary N) is 1. The monoisotopic (exact) mass is 325 g/mol. The molecule has 0 aliphatic carbocycles. The maximum Gasteiger partial charge on any atom is 0.224 e. The quantitative estimate of drug-likeness (QED) is 0.882. The number of hydrogen-bond acceptors (Lipinski definition) is 4. The van der Waals surface area contributed by atoms with Crippen LogP contribution >= 0.6 is 23.7 Å². The number of anilines is 1. The largest absolute Gasteiger partial charge is 0.328 e. The highest BCUT2D eigenvalue weighted by Gasteiger charge is 2.06. The van der Waals surface area contributed by atoms with Crippen molar-refractivity contribution in [1.82, 2.24) is 4.98 Å². The molecule has 2 rings (SSSR count). The van der Waals surface area contributed by atoms with Gasteiger partial charge < -0.3 is 11.1 Å². The first-order valence-corrected chi connectivity index (χ1v) is 7.50. The summed E-state index contributed by atoms with van der Waals surface area (Å²) in [5, 5.41) is 5.89. The molecule has 21 heavy (non-hydrogen) atoms. The lowest BCUT2D eigenvalue weighted by Crippen LogP contribution is -2.19. The summed E-state index contributed by atoms with van der Waals surface area (Å²) < 4.78 is 0. The molecular weight excluding hydrogens is 306 g/mol. The molecule has 1 unspecified atom stereocenters. The van der Waals surface area contributed by atoms with Crippen LogP contribution in [0.25, 0.3) is 10.6 Å². The van der Waals surface area contributed by atoms with Crippen LogP contribution in [0.2, 0.25) is 0 Å². The van der Waals surface area contributed by atoms with Crippen molar-refractivity contribution in [3.05, 3.63) is 35.3 Å². The predicted molar refractivity (Wildman–Crippen MR) is 91.0 cm³/mol. The number of benzene rings is 1. The fourth-order valence-electron chi connectivity index (χ4n) is 1.76. The summed E-state index contributed by atoms with van der Waals surface area (Å²) >= 11 is 1.62. The molecule has 0 radical (unpaired) electrons. The van der Waals surface area contributed by atoms with E-state index in [9.17, 15) is 4.79 Å². The first kappa shape index (κ1) is 17.6. The van der Waals surface area contributed by atoms with Crippen LogP contribution in [0.5, 0.6) is 0 Å². The Balaban J connectivity index is 0.00000220. The van der Waals surface area contributed by atoms with E-state index >= 15 is 0 Å². The van der Waals surface area contributed by atoms with Gasteiger partial charge in [0.25, 0.3) is 0 Å². The third kappa shape index (κ3) is 5.46. The topological polar surface area (TPSA) is 68.0 Å². The number of carbonyl (C=O) groups is 1. The van der Waals surface area contributed by atoms with Crippen molar-refractivity contribution in [2.24, 2.45) is 5.73 Å². The second-order valence-corrected chi connectivity index (χ2v) is 5.79. The number of aromatic nitrogens is 1. The fraction of sp³-hybridized carbons (Fsp3) is 0.333. The highest BCUT2D eigenvalue weighted by atomic mass is 35.5. The molecule has 114 valence electrons. The third-order valence-electron chi connectivity index (χ3n) is 2.86. The molecular formula is C15H20ClN3OS. The second-order valence-electron chi connectivity index (χ2n) is 4.94. The SMILES string of the molecule is Cc1csc(-c2ccc(NC(=O)CCC(C)N)cc2)n1.Cl. The number of nitrogens with two attached hydrogens (primary N) is 1. The number of thiazole rings is 1. The lowest BCUT2D eigenvalue weighted by Gasteiger charge is -2.07. The summed E-state index contributed by atoms with van der Waals surface area (Å²) in [6.07, 6.45) is 1.15. The molecule has 0 aliphatic heterocycles. The Hall–Kier alpha value is -1.43. The van der Waals surface area contributed by atoms with Crippen molar-refractivity contribution in [3.63, 3.8) is 0 Å². The second kappa shape index (κ2) is 8.12. The van der Waals surface area contributed by atoms with Gasteiger partial charge in [-0.25, -0.2) is 4.98 Å². The molecule has 4 nitrogen and oxygen atoms in total. The van der Waals surface area contributed by atoms with Gasteiger partial charge in [-0.15, -0.1) is 23.7 Å². The van der Waals surface area contributed by atoms with E-state index in [1.165, 1.54) is 0 Å². The molecule has 1 heterocycles. The Labute approximate surface area is 135 Å². The van der Waals surface area contributed by atoms with Crippen molar-refractivity contribution >= 4 is 35.3 Å². The van der Waals surface area contributed by atoms with Gasteiger partial charge in [0.15, 0.2) is 0 Å². The summed E-state index contributed by atoms with van der Waals surface area (Å²) in [6.45, 7) is 3.88. The predicted octanol–water partition coefficient (Wildman–Crippen LogP) is 3.61. The van der Waals surface area contributed by atoms with Crippen molar-refractivity contribution < 1.29 is 4.79 Å². The first-order valence-electron chi connectivity index (χ1n) is 6.62. The number of halogens is 1. The van der Waals surface area contributed by atoms with Gasteiger partial charge in [0.1, 0.15) is 5.01 Å². The van der Waals surface area contributed by atoms with Crippen molar-refractivity contribution in [1.29, 1.82) is 0 Å². The van der Waals surface area contributed by atoms with Gasteiger partial charge in [0.2, 0.25) is 5.91 Å². The molecule has 3 N–H and O–H groups in total. The van der Waals surface area contributed by atoms with Crippen molar-refractivity contribution in [2.75, 3.05) is 5.32 Å². The van der Waals surface area contributed by atoms with Crippen LogP contribution in [0.4, 0.5) is 5.69 Å². The molecule has 6 heteroatoms. The lowest BCUT2D eigenvalue weighted by atomic mass is 10.2. The zero-order valence-corrected chi connectivity index (χ0v) is 13.8. The minimum atomic E-state index is 0. The first-order chi connectivity index (χ1) is 9.54. The Bertz CT molecular complexity index is 581. The molecule has 1 aromatic heterocycles. The van der Waals surface area contributed by atoms with Crippen LogP contribution in [0.3, 0.4) is 0 Å². The lowest BCUT2D eigenvalue weighted by molar-refractivity contribution is -0.116. The van der Waals surface area contributed by atoms with Crippen molar-refractivity contribution in [2.45, 2.75) is 32.7 Å². The van der Waals surface area contributed by atoms with E-state index in [1.54, 1.807) is 11.3 Å². The minimum Gasteiger partial charge on any atom is -0.328 e. The number of hydrogen-bond donors (Lipinski definition) is 2. The van der Waals surface area contributed by atoms with Gasteiger partial charge in [-0.05, 0) is 44.5 Å². The molecule has 0 fully saturated rings. The van der Waals surface area contributed by atoms with Gasteiger partial charge in [0, 0.05) is 34.8 Å². The molecule has 1 amide bonds. The molecule has 2 aromatic rings. The summed E-state index contributed by atoms with van der Waals surface area (Å²) in [4.78, 5) is 16.1. The number of carbonyl (C=O) groups excluding carboxylic acids is 1. The third-order valence-corrected chi connectivity index (χ3v) is 3.87. The van der Waals surface area contributed by atoms with Crippen molar-refractivity contribution in [3.8, 4) is 10.6 Å². The molecule has 1 atom stereocenters. The van der Waals surface area contributed by atoms with Gasteiger partial charge in [-0.3, -0.25) is 4.79 Å². The van der Waals surface area contributed by atoms with Crippen LogP contribution in [0, 0.1) is 6.92 Å². The molecule has 0 saturated heterocycles. The Morgan fingerprint density at radius 2 is 2.05 bits per heavy atom. The molecule has 1 aromatic carbocycles. The van der Waals surface area contributed by atoms with Gasteiger partial charge in [-0.2, -0.15) is 0 Å². The smallest absolute Gasteiger partial charge is 0.224 e. The van der Waals surface area contributed by atoms with E-state index in [-0.39, 0.29) is 24.4 Å². The van der Waals surface area contributed by atoms with Crippen LogP contribution in [-0.2, 0) is 4.79 Å². The molecule has 0 saturated carbocycles. The van der Waals surface area contributed by atoms with Crippen LogP contribution in [-0.4, -0.2) is 16.9 Å².